The summed E-state index contributed by atoms with van der Waals surface area (Å²) in [5.41, 5.74) is 1.82. The van der Waals surface area contributed by atoms with Crippen LogP contribution >= 0.6 is 7.60 Å². The molecule has 0 saturated carbocycles. The van der Waals surface area contributed by atoms with Crippen LogP contribution in [0.5, 0.6) is 5.75 Å². The van der Waals surface area contributed by atoms with Crippen LogP contribution in [-0.4, -0.2) is 59.3 Å². The first-order valence-corrected chi connectivity index (χ1v) is 10.1. The molecule has 11 heteroatoms. The van der Waals surface area contributed by atoms with E-state index in [-0.39, 0.29) is 6.61 Å². The van der Waals surface area contributed by atoms with Crippen LogP contribution in [0.15, 0.2) is 36.7 Å². The molecule has 0 spiro atoms. The topological polar surface area (TPSA) is 132 Å². The number of rotatable bonds is 11. The third-order valence-electron chi connectivity index (χ3n) is 3.93. The van der Waals surface area contributed by atoms with E-state index in [0.717, 1.165) is 11.1 Å². The largest absolute Gasteiger partial charge is 0.490 e. The Morgan fingerprint density at radius 2 is 1.93 bits per heavy atom. The fraction of sp³-hybridized carbons (Fsp3) is 0.412. The third-order valence-corrected chi connectivity index (χ3v) is 5.83. The van der Waals surface area contributed by atoms with Crippen LogP contribution < -0.4 is 10.1 Å². The second-order valence-electron chi connectivity index (χ2n) is 5.80. The normalized spacial score (nSPS) is 12.5. The van der Waals surface area contributed by atoms with Crippen molar-refractivity contribution in [1.82, 2.24) is 15.1 Å². The average molecular weight is 413 g/mol. The number of carbonyl (C=O) groups is 1. The number of hydrogen-bond acceptors (Lipinski definition) is 7. The lowest BCUT2D eigenvalue weighted by Gasteiger charge is -2.19. The maximum Gasteiger partial charge on any atom is 0.404 e. The summed E-state index contributed by atoms with van der Waals surface area (Å²) in [7, 11) is -1.20. The summed E-state index contributed by atoms with van der Waals surface area (Å²) in [5.74, 6) is -0.898. The van der Waals surface area contributed by atoms with E-state index in [2.05, 4.69) is 10.4 Å². The number of aryl methyl sites for hydroxylation is 1. The standard InChI is InChI=1S/C17H24N3O7P/c1-25-28(24,26-2)16(21)12-27-15-6-4-13(5-7-15)14-10-19-20(11-14)9-3-8-18-17(22)23/h4-7,10-11,16,18,21H,3,8-9,12H2,1-2H3,(H,22,23). The van der Waals surface area contributed by atoms with Gasteiger partial charge in [-0.2, -0.15) is 5.10 Å². The van der Waals surface area contributed by atoms with Gasteiger partial charge in [-0.05, 0) is 24.1 Å². The summed E-state index contributed by atoms with van der Waals surface area (Å²) in [5, 5.41) is 25.0. The molecule has 28 heavy (non-hydrogen) atoms. The zero-order valence-electron chi connectivity index (χ0n) is 15.6. The molecule has 3 N–H and O–H groups in total. The molecule has 1 amide bonds. The van der Waals surface area contributed by atoms with Gasteiger partial charge in [0.2, 0.25) is 0 Å². The monoisotopic (exact) mass is 413 g/mol. The van der Waals surface area contributed by atoms with Crippen molar-refractivity contribution >= 4 is 13.7 Å². The molecule has 0 bridgehead atoms. The lowest BCUT2D eigenvalue weighted by molar-refractivity contribution is 0.125. The number of amides is 1. The summed E-state index contributed by atoms with van der Waals surface area (Å²) < 4.78 is 28.7. The Kier molecular flexibility index (Phi) is 8.01. The molecule has 0 radical (unpaired) electrons. The number of aliphatic hydroxyl groups is 1. The Bertz CT molecular complexity index is 801. The predicted octanol–water partition coefficient (Wildman–Crippen LogP) is 2.39. The van der Waals surface area contributed by atoms with Gasteiger partial charge in [-0.25, -0.2) is 4.79 Å². The van der Waals surface area contributed by atoms with E-state index >= 15 is 0 Å². The van der Waals surface area contributed by atoms with Crippen LogP contribution in [0.25, 0.3) is 11.1 Å². The number of nitrogens with zero attached hydrogens (tertiary/aromatic N) is 2. The number of ether oxygens (including phenoxy) is 1. The van der Waals surface area contributed by atoms with Gasteiger partial charge in [-0.15, -0.1) is 0 Å². The maximum absolute atomic E-state index is 12.0. The Morgan fingerprint density at radius 1 is 1.25 bits per heavy atom. The molecule has 1 heterocycles. The molecule has 1 unspecified atom stereocenters. The van der Waals surface area contributed by atoms with Gasteiger partial charge < -0.3 is 29.3 Å². The number of carboxylic acid groups (broad SMARTS) is 1. The van der Waals surface area contributed by atoms with Crippen molar-refractivity contribution in [2.75, 3.05) is 27.4 Å². The maximum atomic E-state index is 12.0. The average Bonchev–Trinajstić information content (AvgIpc) is 3.18. The Balaban J connectivity index is 1.89. The Morgan fingerprint density at radius 3 is 2.54 bits per heavy atom. The van der Waals surface area contributed by atoms with Crippen molar-refractivity contribution in [3.8, 4) is 16.9 Å². The lowest BCUT2D eigenvalue weighted by Crippen LogP contribution is -2.22. The van der Waals surface area contributed by atoms with Gasteiger partial charge in [0.05, 0.1) is 6.20 Å². The van der Waals surface area contributed by atoms with Gasteiger partial charge in [0.15, 0.2) is 5.85 Å². The molecule has 2 aromatic rings. The minimum Gasteiger partial charge on any atom is -0.490 e. The Hall–Kier alpha value is -2.39. The molecule has 154 valence electrons. The molecule has 1 aromatic carbocycles. The summed E-state index contributed by atoms with van der Waals surface area (Å²) >= 11 is 0. The van der Waals surface area contributed by atoms with Crippen LogP contribution in [-0.2, 0) is 20.2 Å². The predicted molar refractivity (Wildman–Crippen MR) is 101 cm³/mol. The van der Waals surface area contributed by atoms with Gasteiger partial charge in [0.1, 0.15) is 12.4 Å². The van der Waals surface area contributed by atoms with Crippen LogP contribution in [0.1, 0.15) is 6.42 Å². The number of nitrogens with one attached hydrogen (secondary N) is 1. The van der Waals surface area contributed by atoms with Crippen molar-refractivity contribution in [1.29, 1.82) is 0 Å². The highest BCUT2D eigenvalue weighted by molar-refractivity contribution is 7.54. The zero-order chi connectivity index (χ0) is 20.6. The number of benzene rings is 1. The van der Waals surface area contributed by atoms with Crippen molar-refractivity contribution < 1.29 is 33.4 Å². The van der Waals surface area contributed by atoms with Gasteiger partial charge in [-0.3, -0.25) is 9.25 Å². The number of aromatic nitrogens is 2. The third kappa shape index (κ3) is 6.07. The number of hydrogen-bond donors (Lipinski definition) is 3. The van der Waals surface area contributed by atoms with E-state index in [0.29, 0.717) is 25.3 Å². The van der Waals surface area contributed by atoms with Gasteiger partial charge in [0.25, 0.3) is 0 Å². The summed E-state index contributed by atoms with van der Waals surface area (Å²) in [6.45, 7) is 0.723. The molecule has 10 nitrogen and oxygen atoms in total. The molecule has 0 aliphatic rings. The summed E-state index contributed by atoms with van der Waals surface area (Å²) in [4.78, 5) is 10.4. The second kappa shape index (κ2) is 10.2. The second-order valence-corrected chi connectivity index (χ2v) is 8.20. The molecule has 0 aliphatic carbocycles. The minimum absolute atomic E-state index is 0.236. The highest BCUT2D eigenvalue weighted by Crippen LogP contribution is 2.50. The lowest BCUT2D eigenvalue weighted by atomic mass is 10.1. The molecular weight excluding hydrogens is 389 g/mol. The first-order valence-electron chi connectivity index (χ1n) is 8.49. The molecular formula is C17H24N3O7P. The van der Waals surface area contributed by atoms with Crippen molar-refractivity contribution in [3.05, 3.63) is 36.7 Å². The van der Waals surface area contributed by atoms with E-state index in [1.165, 1.54) is 14.2 Å². The molecule has 1 aromatic heterocycles. The SMILES string of the molecule is COP(=O)(OC)C(O)COc1ccc(-c2cnn(CCCNC(=O)O)c2)cc1. The molecule has 1 atom stereocenters. The molecule has 0 fully saturated rings. The van der Waals surface area contributed by atoms with Gasteiger partial charge in [0, 0.05) is 39.1 Å². The molecule has 2 rings (SSSR count). The Labute approximate surface area is 162 Å². The highest BCUT2D eigenvalue weighted by atomic mass is 31.2. The van der Waals surface area contributed by atoms with Crippen LogP contribution in [0, 0.1) is 0 Å². The fourth-order valence-corrected chi connectivity index (χ4v) is 3.29. The van der Waals surface area contributed by atoms with Crippen LogP contribution in [0.3, 0.4) is 0 Å². The van der Waals surface area contributed by atoms with Gasteiger partial charge in [-0.1, -0.05) is 12.1 Å². The first-order chi connectivity index (χ1) is 13.4. The fourth-order valence-electron chi connectivity index (χ4n) is 2.39. The van der Waals surface area contributed by atoms with E-state index in [1.807, 2.05) is 18.3 Å². The van der Waals surface area contributed by atoms with Crippen molar-refractivity contribution in [2.24, 2.45) is 0 Å². The summed E-state index contributed by atoms with van der Waals surface area (Å²) in [6.07, 6.45) is 3.18. The number of aliphatic hydroxyl groups excluding tert-OH is 1. The van der Waals surface area contributed by atoms with Crippen molar-refractivity contribution in [2.45, 2.75) is 18.8 Å². The van der Waals surface area contributed by atoms with Crippen LogP contribution in [0.4, 0.5) is 4.79 Å². The highest BCUT2D eigenvalue weighted by Gasteiger charge is 2.32. The zero-order valence-corrected chi connectivity index (χ0v) is 16.5. The van der Waals surface area contributed by atoms with Crippen LogP contribution in [0.2, 0.25) is 0 Å². The molecule has 0 saturated heterocycles. The van der Waals surface area contributed by atoms with E-state index < -0.39 is 19.5 Å². The van der Waals surface area contributed by atoms with Gasteiger partial charge >= 0.3 is 13.7 Å². The van der Waals surface area contributed by atoms with E-state index in [1.54, 1.807) is 23.0 Å². The minimum atomic E-state index is -3.60. The first kappa shape index (κ1) is 21.9. The van der Waals surface area contributed by atoms with Crippen molar-refractivity contribution in [3.63, 3.8) is 0 Å². The van der Waals surface area contributed by atoms with E-state index in [4.69, 9.17) is 18.9 Å². The smallest absolute Gasteiger partial charge is 0.404 e. The quantitative estimate of drug-likeness (QED) is 0.378. The summed E-state index contributed by atoms with van der Waals surface area (Å²) in [6, 6.07) is 7.12. The van der Waals surface area contributed by atoms with E-state index in [9.17, 15) is 14.5 Å². The molecule has 0 aliphatic heterocycles.